The van der Waals surface area contributed by atoms with Gasteiger partial charge in [0, 0.05) is 11.8 Å². The van der Waals surface area contributed by atoms with E-state index in [0.29, 0.717) is 32.7 Å². The first-order valence-electron chi connectivity index (χ1n) is 9.58. The summed E-state index contributed by atoms with van der Waals surface area (Å²) in [7, 11) is -3.13. The van der Waals surface area contributed by atoms with E-state index in [2.05, 4.69) is 5.10 Å². The summed E-state index contributed by atoms with van der Waals surface area (Å²) < 4.78 is 31.4. The second-order valence-corrected chi connectivity index (χ2v) is 11.2. The molecule has 0 saturated carbocycles. The summed E-state index contributed by atoms with van der Waals surface area (Å²) in [5, 5.41) is 4.66. The van der Waals surface area contributed by atoms with E-state index in [1.807, 2.05) is 42.6 Å². The molecule has 10 heteroatoms. The van der Waals surface area contributed by atoms with E-state index >= 15 is 0 Å². The average Bonchev–Trinajstić information content (AvgIpc) is 3.51. The number of benzene rings is 1. The van der Waals surface area contributed by atoms with Gasteiger partial charge >= 0.3 is 0 Å². The second-order valence-electron chi connectivity index (χ2n) is 7.30. The topological polar surface area (TPSA) is 85.4 Å². The van der Waals surface area contributed by atoms with Crippen molar-refractivity contribution in [2.24, 2.45) is 0 Å². The Morgan fingerprint density at radius 2 is 2.00 bits per heavy atom. The summed E-state index contributed by atoms with van der Waals surface area (Å²) in [6.07, 6.45) is 5.55. The van der Waals surface area contributed by atoms with Gasteiger partial charge in [0.1, 0.15) is 10.0 Å². The fourth-order valence-electron chi connectivity index (χ4n) is 3.73. The Labute approximate surface area is 188 Å². The van der Waals surface area contributed by atoms with Crippen LogP contribution in [0.1, 0.15) is 12.0 Å². The third-order valence-electron chi connectivity index (χ3n) is 5.20. The molecule has 31 heavy (non-hydrogen) atoms. The number of thioether (sulfide) groups is 1. The maximum atomic E-state index is 13.1. The van der Waals surface area contributed by atoms with Crippen LogP contribution in [0.3, 0.4) is 0 Å². The van der Waals surface area contributed by atoms with Gasteiger partial charge in [0.2, 0.25) is 0 Å². The number of aromatic nitrogens is 2. The molecule has 7 nitrogen and oxygen atoms in total. The number of carbonyl (C=O) groups is 1. The van der Waals surface area contributed by atoms with Crippen molar-refractivity contribution in [3.8, 4) is 17.1 Å². The zero-order valence-corrected chi connectivity index (χ0v) is 18.6. The number of nitrogens with zero attached hydrogens (tertiary/aromatic N) is 3. The van der Waals surface area contributed by atoms with Gasteiger partial charge in [-0.15, -0.1) is 0 Å². The number of hydrogen-bond donors (Lipinski definition) is 0. The summed E-state index contributed by atoms with van der Waals surface area (Å²) in [6, 6.07) is 12.8. The van der Waals surface area contributed by atoms with Crippen molar-refractivity contribution in [3.63, 3.8) is 0 Å². The van der Waals surface area contributed by atoms with E-state index in [1.54, 1.807) is 23.1 Å². The maximum absolute atomic E-state index is 13.1. The Morgan fingerprint density at radius 1 is 1.19 bits per heavy atom. The molecule has 0 unspecified atom stereocenters. The summed E-state index contributed by atoms with van der Waals surface area (Å²) in [5.41, 5.74) is 2.18. The van der Waals surface area contributed by atoms with Crippen LogP contribution in [0.15, 0.2) is 64.2 Å². The van der Waals surface area contributed by atoms with E-state index in [-0.39, 0.29) is 17.4 Å². The van der Waals surface area contributed by atoms with E-state index in [0.717, 1.165) is 5.69 Å². The quantitative estimate of drug-likeness (QED) is 0.425. The highest BCUT2D eigenvalue weighted by Crippen LogP contribution is 2.37. The van der Waals surface area contributed by atoms with Crippen molar-refractivity contribution < 1.29 is 17.6 Å². The fraction of sp³-hybridized carbons (Fsp3) is 0.190. The Balaban J connectivity index is 1.52. The van der Waals surface area contributed by atoms with Crippen molar-refractivity contribution in [1.82, 2.24) is 14.7 Å². The van der Waals surface area contributed by atoms with Crippen LogP contribution < -0.4 is 0 Å². The van der Waals surface area contributed by atoms with Gasteiger partial charge in [-0.25, -0.2) is 13.1 Å². The first-order chi connectivity index (χ1) is 14.9. The van der Waals surface area contributed by atoms with Crippen molar-refractivity contribution in [2.75, 3.05) is 11.5 Å². The van der Waals surface area contributed by atoms with Crippen molar-refractivity contribution in [3.05, 3.63) is 65.4 Å². The summed E-state index contributed by atoms with van der Waals surface area (Å²) in [6.45, 7) is 0. The number of hydrogen-bond acceptors (Lipinski definition) is 7. The summed E-state index contributed by atoms with van der Waals surface area (Å²) in [5.74, 6) is 0.351. The van der Waals surface area contributed by atoms with Gasteiger partial charge in [-0.1, -0.05) is 42.2 Å². The minimum absolute atomic E-state index is 0.0453. The molecular weight excluding hydrogens is 454 g/mol. The van der Waals surface area contributed by atoms with Crippen LogP contribution in [-0.2, 0) is 14.6 Å². The molecule has 0 bridgehead atoms. The largest absolute Gasteiger partial charge is 0.463 e. The zero-order chi connectivity index (χ0) is 21.6. The molecule has 1 amide bonds. The van der Waals surface area contributed by atoms with E-state index in [4.69, 9.17) is 16.6 Å². The first kappa shape index (κ1) is 20.2. The predicted molar refractivity (Wildman–Crippen MR) is 123 cm³/mol. The summed E-state index contributed by atoms with van der Waals surface area (Å²) >= 11 is 6.59. The molecule has 1 aromatic carbocycles. The Kier molecular flexibility index (Phi) is 5.07. The highest BCUT2D eigenvalue weighted by Gasteiger charge is 2.42. The van der Waals surface area contributed by atoms with Crippen molar-refractivity contribution in [2.45, 2.75) is 12.5 Å². The third kappa shape index (κ3) is 3.86. The Hall–Kier alpha value is -2.69. The van der Waals surface area contributed by atoms with E-state index < -0.39 is 15.9 Å². The number of amides is 1. The number of rotatable bonds is 4. The number of thiocarbonyl (C=S) groups is 1. The lowest BCUT2D eigenvalue weighted by atomic mass is 10.2. The molecule has 4 heterocycles. The normalized spacial score (nSPS) is 22.0. The monoisotopic (exact) mass is 471 g/mol. The van der Waals surface area contributed by atoms with Crippen LogP contribution in [0.4, 0.5) is 0 Å². The molecule has 158 valence electrons. The first-order valence-corrected chi connectivity index (χ1v) is 12.6. The minimum atomic E-state index is -3.13. The van der Waals surface area contributed by atoms with Crippen molar-refractivity contribution in [1.29, 1.82) is 0 Å². The number of para-hydroxylation sites is 1. The van der Waals surface area contributed by atoms with Gasteiger partial charge in [0.15, 0.2) is 15.6 Å². The van der Waals surface area contributed by atoms with Crippen LogP contribution in [0.25, 0.3) is 23.2 Å². The van der Waals surface area contributed by atoms with Gasteiger partial charge in [-0.3, -0.25) is 9.69 Å². The Bertz CT molecular complexity index is 1290. The molecule has 0 radical (unpaired) electrons. The third-order valence-corrected chi connectivity index (χ3v) is 8.28. The molecule has 0 N–H and O–H groups in total. The Morgan fingerprint density at radius 3 is 2.68 bits per heavy atom. The molecule has 2 fully saturated rings. The predicted octanol–water partition coefficient (Wildman–Crippen LogP) is 3.52. The smallest absolute Gasteiger partial charge is 0.266 e. The molecule has 3 aromatic rings. The van der Waals surface area contributed by atoms with Gasteiger partial charge in [0.05, 0.1) is 34.4 Å². The lowest BCUT2D eigenvalue weighted by Crippen LogP contribution is -2.39. The molecule has 2 aromatic heterocycles. The van der Waals surface area contributed by atoms with Gasteiger partial charge < -0.3 is 4.42 Å². The molecule has 2 aliphatic heterocycles. The lowest BCUT2D eigenvalue weighted by Gasteiger charge is -2.20. The molecule has 0 aliphatic carbocycles. The van der Waals surface area contributed by atoms with E-state index in [9.17, 15) is 13.2 Å². The van der Waals surface area contributed by atoms with Gasteiger partial charge in [0.25, 0.3) is 5.91 Å². The highest BCUT2D eigenvalue weighted by atomic mass is 32.2. The number of furan rings is 1. The summed E-state index contributed by atoms with van der Waals surface area (Å²) in [4.78, 5) is 15.0. The lowest BCUT2D eigenvalue weighted by molar-refractivity contribution is -0.123. The van der Waals surface area contributed by atoms with Crippen LogP contribution >= 0.6 is 24.0 Å². The van der Waals surface area contributed by atoms with Crippen LogP contribution in [0, 0.1) is 0 Å². The SMILES string of the molecule is O=C1/C(=C/c2cn(-c3ccccc3)nc2-c2ccco2)SC(=S)N1[C@@H]1CCS(=O)(=O)C1. The van der Waals surface area contributed by atoms with Crippen molar-refractivity contribution >= 4 is 50.1 Å². The molecule has 1 atom stereocenters. The number of carbonyl (C=O) groups excluding carboxylic acids is 1. The molecular formula is C21H17N3O4S3. The van der Waals surface area contributed by atoms with Gasteiger partial charge in [-0.05, 0) is 36.8 Å². The van der Waals surface area contributed by atoms with Crippen LogP contribution in [0.2, 0.25) is 0 Å². The van der Waals surface area contributed by atoms with Gasteiger partial charge in [-0.2, -0.15) is 5.10 Å². The van der Waals surface area contributed by atoms with E-state index in [1.165, 1.54) is 16.7 Å². The molecule has 2 saturated heterocycles. The average molecular weight is 472 g/mol. The zero-order valence-electron chi connectivity index (χ0n) is 16.2. The minimum Gasteiger partial charge on any atom is -0.463 e. The second kappa shape index (κ2) is 7.77. The fourth-order valence-corrected chi connectivity index (χ4v) is 6.82. The number of sulfone groups is 1. The van der Waals surface area contributed by atoms with Crippen LogP contribution in [-0.4, -0.2) is 50.9 Å². The van der Waals surface area contributed by atoms with Crippen LogP contribution in [0.5, 0.6) is 0 Å². The molecule has 2 aliphatic rings. The standard InChI is InChI=1S/C21H17N3O4S3/c25-20-18(30-21(29)24(20)16-8-10-31(26,27)13-16)11-14-12-23(15-5-2-1-3-6-15)22-19(14)17-7-4-9-28-17/h1-7,9,11-12,16H,8,10,13H2/b18-11-/t16-/m1/s1. The molecule has 5 rings (SSSR count). The molecule has 0 spiro atoms. The maximum Gasteiger partial charge on any atom is 0.266 e. The highest BCUT2D eigenvalue weighted by molar-refractivity contribution is 8.26.